The molecular formula is C14H13ClN4O2S. The van der Waals surface area contributed by atoms with Crippen LogP contribution < -0.4 is 5.32 Å². The molecule has 114 valence electrons. The van der Waals surface area contributed by atoms with Gasteiger partial charge in [0.2, 0.25) is 0 Å². The van der Waals surface area contributed by atoms with Crippen LogP contribution in [0.15, 0.2) is 18.2 Å². The van der Waals surface area contributed by atoms with E-state index in [9.17, 15) is 4.79 Å². The molecule has 3 rings (SSSR count). The number of anilines is 2. The SMILES string of the molecule is COC(=O)c1sc(Nc2ccc3c(c2)nc(C)n3C)nc1Cl. The standard InChI is InChI=1S/C14H13ClN4O2S/c1-7-16-9-6-8(4-5-10(9)19(7)2)17-14-18-12(15)11(22-14)13(20)21-3/h4-6H,1-3H3,(H,17,18). The second-order valence-electron chi connectivity index (χ2n) is 4.68. The Hall–Kier alpha value is -2.12. The minimum atomic E-state index is -0.494. The predicted molar refractivity (Wildman–Crippen MR) is 87.2 cm³/mol. The molecule has 0 saturated heterocycles. The van der Waals surface area contributed by atoms with Crippen LogP contribution in [-0.4, -0.2) is 27.6 Å². The van der Waals surface area contributed by atoms with Crippen molar-refractivity contribution in [3.63, 3.8) is 0 Å². The average Bonchev–Trinajstić information content (AvgIpc) is 2.99. The Morgan fingerprint density at radius 3 is 2.91 bits per heavy atom. The normalized spacial score (nSPS) is 10.9. The number of carbonyl (C=O) groups is 1. The van der Waals surface area contributed by atoms with Gasteiger partial charge in [0.25, 0.3) is 0 Å². The molecule has 0 aliphatic carbocycles. The Bertz CT molecular complexity index is 871. The molecule has 0 amide bonds. The highest BCUT2D eigenvalue weighted by molar-refractivity contribution is 7.18. The van der Waals surface area contributed by atoms with Gasteiger partial charge in [0.05, 0.1) is 18.1 Å². The van der Waals surface area contributed by atoms with Crippen LogP contribution in [0.3, 0.4) is 0 Å². The maximum absolute atomic E-state index is 11.5. The smallest absolute Gasteiger partial charge is 0.351 e. The summed E-state index contributed by atoms with van der Waals surface area (Å²) >= 11 is 7.09. The van der Waals surface area contributed by atoms with Crippen molar-refractivity contribution in [2.45, 2.75) is 6.92 Å². The molecule has 2 heterocycles. The van der Waals surface area contributed by atoms with Crippen LogP contribution in [0.25, 0.3) is 11.0 Å². The van der Waals surface area contributed by atoms with E-state index in [1.165, 1.54) is 7.11 Å². The second-order valence-corrected chi connectivity index (χ2v) is 6.03. The summed E-state index contributed by atoms with van der Waals surface area (Å²) in [6, 6.07) is 5.83. The van der Waals surface area contributed by atoms with Crippen molar-refractivity contribution in [1.29, 1.82) is 0 Å². The first kappa shape index (κ1) is 14.8. The lowest BCUT2D eigenvalue weighted by molar-refractivity contribution is 0.0606. The third-order valence-corrected chi connectivity index (χ3v) is 4.65. The van der Waals surface area contributed by atoms with Gasteiger partial charge in [-0.25, -0.2) is 14.8 Å². The van der Waals surface area contributed by atoms with Crippen molar-refractivity contribution in [3.8, 4) is 0 Å². The number of nitrogens with one attached hydrogen (secondary N) is 1. The molecular weight excluding hydrogens is 324 g/mol. The summed E-state index contributed by atoms with van der Waals surface area (Å²) < 4.78 is 6.68. The molecule has 0 unspecified atom stereocenters. The van der Waals surface area contributed by atoms with Crippen LogP contribution >= 0.6 is 22.9 Å². The number of hydrogen-bond donors (Lipinski definition) is 1. The van der Waals surface area contributed by atoms with Crippen LogP contribution in [0.2, 0.25) is 5.15 Å². The second kappa shape index (κ2) is 5.58. The minimum Gasteiger partial charge on any atom is -0.465 e. The Balaban J connectivity index is 1.91. The van der Waals surface area contributed by atoms with Crippen molar-refractivity contribution >= 4 is 50.8 Å². The summed E-state index contributed by atoms with van der Waals surface area (Å²) in [5.74, 6) is 0.448. The van der Waals surface area contributed by atoms with Crippen LogP contribution in [0.5, 0.6) is 0 Å². The molecule has 0 fully saturated rings. The van der Waals surface area contributed by atoms with E-state index < -0.39 is 5.97 Å². The zero-order chi connectivity index (χ0) is 15.9. The number of aromatic nitrogens is 3. The number of nitrogens with zero attached hydrogens (tertiary/aromatic N) is 3. The van der Waals surface area contributed by atoms with Crippen molar-refractivity contribution in [2.24, 2.45) is 7.05 Å². The number of ether oxygens (including phenoxy) is 1. The molecule has 6 nitrogen and oxygen atoms in total. The summed E-state index contributed by atoms with van der Waals surface area (Å²) in [4.78, 5) is 20.4. The number of carbonyl (C=O) groups excluding carboxylic acids is 1. The summed E-state index contributed by atoms with van der Waals surface area (Å²) in [5.41, 5.74) is 2.77. The summed E-state index contributed by atoms with van der Waals surface area (Å²) in [5, 5.41) is 3.79. The highest BCUT2D eigenvalue weighted by Crippen LogP contribution is 2.30. The highest BCUT2D eigenvalue weighted by Gasteiger charge is 2.17. The number of halogens is 1. The number of aryl methyl sites for hydroxylation is 2. The Morgan fingerprint density at radius 1 is 1.41 bits per heavy atom. The van der Waals surface area contributed by atoms with Crippen LogP contribution in [0.4, 0.5) is 10.8 Å². The molecule has 1 aromatic carbocycles. The zero-order valence-corrected chi connectivity index (χ0v) is 13.7. The molecule has 22 heavy (non-hydrogen) atoms. The zero-order valence-electron chi connectivity index (χ0n) is 12.2. The van der Waals surface area contributed by atoms with Crippen LogP contribution in [-0.2, 0) is 11.8 Å². The van der Waals surface area contributed by atoms with E-state index in [0.29, 0.717) is 5.13 Å². The number of benzene rings is 1. The summed E-state index contributed by atoms with van der Waals surface area (Å²) in [6.45, 7) is 1.95. The van der Waals surface area contributed by atoms with Crippen molar-refractivity contribution < 1.29 is 9.53 Å². The van der Waals surface area contributed by atoms with Gasteiger partial charge >= 0.3 is 5.97 Å². The molecule has 0 bridgehead atoms. The number of hydrogen-bond acceptors (Lipinski definition) is 6. The molecule has 1 N–H and O–H groups in total. The van der Waals surface area contributed by atoms with Crippen molar-refractivity contribution in [3.05, 3.63) is 34.1 Å². The Labute approximate surface area is 135 Å². The molecule has 0 spiro atoms. The first-order valence-electron chi connectivity index (χ1n) is 6.44. The first-order chi connectivity index (χ1) is 10.5. The van der Waals surface area contributed by atoms with Crippen molar-refractivity contribution in [2.75, 3.05) is 12.4 Å². The Morgan fingerprint density at radius 2 is 2.18 bits per heavy atom. The predicted octanol–water partition coefficient (Wildman–Crippen LogP) is 3.52. The molecule has 2 aromatic heterocycles. The number of fused-ring (bicyclic) bond motifs is 1. The van der Waals surface area contributed by atoms with Gasteiger partial charge in [-0.05, 0) is 25.1 Å². The summed E-state index contributed by atoms with van der Waals surface area (Å²) in [6.07, 6.45) is 0. The third kappa shape index (κ3) is 2.53. The average molecular weight is 337 g/mol. The van der Waals surface area contributed by atoms with Crippen LogP contribution in [0, 0.1) is 6.92 Å². The maximum atomic E-state index is 11.5. The molecule has 0 aliphatic heterocycles. The fourth-order valence-electron chi connectivity index (χ4n) is 2.10. The number of rotatable bonds is 3. The minimum absolute atomic E-state index is 0.133. The van der Waals surface area contributed by atoms with Crippen LogP contribution in [0.1, 0.15) is 15.5 Å². The molecule has 0 atom stereocenters. The number of methoxy groups -OCH3 is 1. The molecule has 0 radical (unpaired) electrons. The van der Waals surface area contributed by atoms with E-state index >= 15 is 0 Å². The lowest BCUT2D eigenvalue weighted by atomic mass is 10.3. The number of thiazole rings is 1. The lowest BCUT2D eigenvalue weighted by Crippen LogP contribution is -1.98. The van der Waals surface area contributed by atoms with Gasteiger partial charge in [-0.2, -0.15) is 0 Å². The number of imidazole rings is 1. The first-order valence-corrected chi connectivity index (χ1v) is 7.64. The van der Waals surface area contributed by atoms with E-state index in [0.717, 1.165) is 33.9 Å². The third-order valence-electron chi connectivity index (χ3n) is 3.31. The van der Waals surface area contributed by atoms with Crippen molar-refractivity contribution in [1.82, 2.24) is 14.5 Å². The van der Waals surface area contributed by atoms with Gasteiger partial charge in [0, 0.05) is 12.7 Å². The van der Waals surface area contributed by atoms with E-state index in [-0.39, 0.29) is 10.0 Å². The molecule has 3 aromatic rings. The lowest BCUT2D eigenvalue weighted by Gasteiger charge is -2.02. The van der Waals surface area contributed by atoms with E-state index in [4.69, 9.17) is 11.6 Å². The van der Waals surface area contributed by atoms with Gasteiger partial charge in [0.1, 0.15) is 5.82 Å². The van der Waals surface area contributed by atoms with Gasteiger partial charge in [-0.15, -0.1) is 0 Å². The van der Waals surface area contributed by atoms with E-state index in [2.05, 4.69) is 20.0 Å². The molecule has 0 saturated carbocycles. The fraction of sp³-hybridized carbons (Fsp3) is 0.214. The van der Waals surface area contributed by atoms with Gasteiger partial charge in [-0.1, -0.05) is 22.9 Å². The number of esters is 1. The molecule has 0 aliphatic rings. The highest BCUT2D eigenvalue weighted by atomic mass is 35.5. The van der Waals surface area contributed by atoms with E-state index in [1.54, 1.807) is 0 Å². The fourth-order valence-corrected chi connectivity index (χ4v) is 3.22. The van der Waals surface area contributed by atoms with Gasteiger partial charge in [-0.3, -0.25) is 0 Å². The Kier molecular flexibility index (Phi) is 3.76. The largest absolute Gasteiger partial charge is 0.465 e. The van der Waals surface area contributed by atoms with E-state index in [1.807, 2.05) is 36.7 Å². The quantitative estimate of drug-likeness (QED) is 0.741. The topological polar surface area (TPSA) is 69.0 Å². The molecule has 8 heteroatoms. The monoisotopic (exact) mass is 336 g/mol. The summed E-state index contributed by atoms with van der Waals surface area (Å²) in [7, 11) is 3.28. The van der Waals surface area contributed by atoms with Gasteiger partial charge in [0.15, 0.2) is 15.2 Å². The van der Waals surface area contributed by atoms with Gasteiger partial charge < -0.3 is 14.6 Å². The maximum Gasteiger partial charge on any atom is 0.351 e.